The summed E-state index contributed by atoms with van der Waals surface area (Å²) in [5, 5.41) is 12.9. The average Bonchev–Trinajstić information content (AvgIpc) is 2.90. The highest BCUT2D eigenvalue weighted by atomic mass is 16.3. The number of β-amino-alcohol motifs (C(OH)–C–C–N with tert-alkyl or cyclic N) is 1. The molecule has 0 aliphatic carbocycles. The van der Waals surface area contributed by atoms with E-state index in [1.807, 2.05) is 7.05 Å². The Morgan fingerprint density at radius 2 is 1.62 bits per heavy atom. The molecule has 1 amide bonds. The van der Waals surface area contributed by atoms with E-state index in [-0.39, 0.29) is 11.9 Å². The van der Waals surface area contributed by atoms with Gasteiger partial charge in [0.15, 0.2) is 0 Å². The highest BCUT2D eigenvalue weighted by Crippen LogP contribution is 2.13. The number of amides is 1. The molecule has 21 heavy (non-hydrogen) atoms. The summed E-state index contributed by atoms with van der Waals surface area (Å²) in [6, 6.07) is -0.0453. The minimum atomic E-state index is -0.415. The maximum atomic E-state index is 12.1. The summed E-state index contributed by atoms with van der Waals surface area (Å²) in [6.45, 7) is 3.55. The van der Waals surface area contributed by atoms with Gasteiger partial charge in [-0.15, -0.1) is 0 Å². The van der Waals surface area contributed by atoms with Crippen LogP contribution in [0.5, 0.6) is 0 Å². The van der Waals surface area contributed by atoms with E-state index in [2.05, 4.69) is 12.2 Å². The fourth-order valence-electron chi connectivity index (χ4n) is 2.99. The fourth-order valence-corrected chi connectivity index (χ4v) is 2.99. The normalized spacial score (nSPS) is 21.7. The van der Waals surface area contributed by atoms with Gasteiger partial charge in [-0.05, 0) is 6.42 Å². The lowest BCUT2D eigenvalue weighted by Gasteiger charge is -2.26. The van der Waals surface area contributed by atoms with E-state index in [0.29, 0.717) is 19.5 Å². The molecule has 2 N–H and O–H groups in total. The molecule has 1 fully saturated rings. The van der Waals surface area contributed by atoms with Gasteiger partial charge in [0.05, 0.1) is 12.1 Å². The first-order chi connectivity index (χ1) is 10.2. The molecule has 0 bridgehead atoms. The quantitative estimate of drug-likeness (QED) is 0.577. The van der Waals surface area contributed by atoms with Gasteiger partial charge in [0, 0.05) is 26.6 Å². The van der Waals surface area contributed by atoms with Crippen molar-refractivity contribution in [2.45, 2.75) is 83.3 Å². The Hall–Kier alpha value is -0.610. The third-order valence-corrected chi connectivity index (χ3v) is 4.54. The molecule has 0 radical (unpaired) electrons. The van der Waals surface area contributed by atoms with E-state index in [1.54, 1.807) is 4.90 Å². The van der Waals surface area contributed by atoms with Crippen LogP contribution in [0.3, 0.4) is 0 Å². The van der Waals surface area contributed by atoms with Crippen LogP contribution in [0.2, 0.25) is 0 Å². The molecular formula is C17H34N2O2. The average molecular weight is 298 g/mol. The van der Waals surface area contributed by atoms with E-state index < -0.39 is 6.10 Å². The molecular weight excluding hydrogens is 264 g/mol. The van der Waals surface area contributed by atoms with Crippen molar-refractivity contribution in [1.82, 2.24) is 10.2 Å². The number of nitrogens with zero attached hydrogens (tertiary/aromatic N) is 1. The Kier molecular flexibility index (Phi) is 9.68. The maximum absolute atomic E-state index is 12.1. The number of rotatable bonds is 11. The molecule has 0 saturated carbocycles. The van der Waals surface area contributed by atoms with Gasteiger partial charge < -0.3 is 15.3 Å². The van der Waals surface area contributed by atoms with E-state index >= 15 is 0 Å². The van der Waals surface area contributed by atoms with Crippen molar-refractivity contribution in [2.75, 3.05) is 20.1 Å². The highest BCUT2D eigenvalue weighted by molar-refractivity contribution is 5.76. The zero-order chi connectivity index (χ0) is 15.5. The predicted molar refractivity (Wildman–Crippen MR) is 87.3 cm³/mol. The topological polar surface area (TPSA) is 52.6 Å². The van der Waals surface area contributed by atoms with Gasteiger partial charge in [0.1, 0.15) is 0 Å². The van der Waals surface area contributed by atoms with Crippen molar-refractivity contribution in [3.05, 3.63) is 0 Å². The Balaban J connectivity index is 1.98. The molecule has 1 rings (SSSR count). The van der Waals surface area contributed by atoms with E-state index in [4.69, 9.17) is 0 Å². The zero-order valence-corrected chi connectivity index (χ0v) is 13.9. The number of carbonyl (C=O) groups is 1. The SMILES string of the molecule is CCCCCCCCCCCC(=O)N(C)[C@@H]1CNC[C@H]1O. The van der Waals surface area contributed by atoms with Gasteiger partial charge in [-0.25, -0.2) is 0 Å². The Morgan fingerprint density at radius 3 is 2.14 bits per heavy atom. The lowest BCUT2D eigenvalue weighted by Crippen LogP contribution is -2.44. The maximum Gasteiger partial charge on any atom is 0.222 e. The molecule has 0 unspecified atom stereocenters. The second kappa shape index (κ2) is 11.0. The van der Waals surface area contributed by atoms with E-state index in [1.165, 1.54) is 44.9 Å². The number of hydrogen-bond acceptors (Lipinski definition) is 3. The third kappa shape index (κ3) is 7.28. The highest BCUT2D eigenvalue weighted by Gasteiger charge is 2.30. The molecule has 0 aromatic carbocycles. The zero-order valence-electron chi connectivity index (χ0n) is 13.9. The lowest BCUT2D eigenvalue weighted by molar-refractivity contribution is -0.133. The van der Waals surface area contributed by atoms with Crippen molar-refractivity contribution >= 4 is 5.91 Å². The van der Waals surface area contributed by atoms with Crippen molar-refractivity contribution in [1.29, 1.82) is 0 Å². The monoisotopic (exact) mass is 298 g/mol. The molecule has 2 atom stereocenters. The van der Waals surface area contributed by atoms with Crippen LogP contribution in [0, 0.1) is 0 Å². The van der Waals surface area contributed by atoms with Crippen LogP contribution in [-0.4, -0.2) is 48.2 Å². The lowest BCUT2D eigenvalue weighted by atomic mass is 10.1. The largest absolute Gasteiger partial charge is 0.390 e. The first-order valence-corrected chi connectivity index (χ1v) is 8.81. The van der Waals surface area contributed by atoms with Gasteiger partial charge in [-0.3, -0.25) is 4.79 Å². The number of likely N-dealkylation sites (N-methyl/N-ethyl adjacent to an activating group) is 1. The van der Waals surface area contributed by atoms with Gasteiger partial charge >= 0.3 is 0 Å². The van der Waals surface area contributed by atoms with E-state index in [0.717, 1.165) is 12.8 Å². The summed E-state index contributed by atoms with van der Waals surface area (Å²) in [6.07, 6.45) is 11.6. The molecule has 0 aromatic rings. The Morgan fingerprint density at radius 1 is 1.05 bits per heavy atom. The molecule has 1 saturated heterocycles. The second-order valence-corrected chi connectivity index (χ2v) is 6.38. The van der Waals surface area contributed by atoms with Crippen molar-refractivity contribution in [3.8, 4) is 0 Å². The molecule has 4 heteroatoms. The minimum absolute atomic E-state index is 0.0453. The standard InChI is InChI=1S/C17H34N2O2/c1-3-4-5-6-7-8-9-10-11-12-17(21)19(2)15-13-18-14-16(15)20/h15-16,18,20H,3-14H2,1-2H3/t15-,16-/m1/s1. The number of unbranched alkanes of at least 4 members (excludes halogenated alkanes) is 8. The van der Waals surface area contributed by atoms with Crippen LogP contribution in [0.25, 0.3) is 0 Å². The second-order valence-electron chi connectivity index (χ2n) is 6.38. The fraction of sp³-hybridized carbons (Fsp3) is 0.941. The molecule has 0 aromatic heterocycles. The summed E-state index contributed by atoms with van der Waals surface area (Å²) in [7, 11) is 1.82. The summed E-state index contributed by atoms with van der Waals surface area (Å²) >= 11 is 0. The molecule has 124 valence electrons. The number of nitrogens with one attached hydrogen (secondary N) is 1. The summed E-state index contributed by atoms with van der Waals surface area (Å²) in [5.41, 5.74) is 0. The van der Waals surface area contributed by atoms with E-state index in [9.17, 15) is 9.90 Å². The van der Waals surface area contributed by atoms with Crippen LogP contribution in [0.1, 0.15) is 71.1 Å². The number of hydrogen-bond donors (Lipinski definition) is 2. The summed E-state index contributed by atoms with van der Waals surface area (Å²) in [5.74, 6) is 0.172. The van der Waals surface area contributed by atoms with Gasteiger partial charge in [0.25, 0.3) is 0 Å². The first kappa shape index (κ1) is 18.4. The van der Waals surface area contributed by atoms with Crippen LogP contribution >= 0.6 is 0 Å². The van der Waals surface area contributed by atoms with Crippen LogP contribution < -0.4 is 5.32 Å². The molecule has 1 aliphatic rings. The van der Waals surface area contributed by atoms with Crippen LogP contribution in [-0.2, 0) is 4.79 Å². The third-order valence-electron chi connectivity index (χ3n) is 4.54. The number of aliphatic hydroxyl groups is 1. The summed E-state index contributed by atoms with van der Waals surface area (Å²) < 4.78 is 0. The van der Waals surface area contributed by atoms with Gasteiger partial charge in [-0.1, -0.05) is 58.3 Å². The smallest absolute Gasteiger partial charge is 0.222 e. The minimum Gasteiger partial charge on any atom is -0.390 e. The molecule has 1 aliphatic heterocycles. The van der Waals surface area contributed by atoms with Gasteiger partial charge in [-0.2, -0.15) is 0 Å². The Bertz CT molecular complexity index is 284. The van der Waals surface area contributed by atoms with Crippen molar-refractivity contribution in [3.63, 3.8) is 0 Å². The molecule has 4 nitrogen and oxygen atoms in total. The van der Waals surface area contributed by atoms with Crippen LogP contribution in [0.4, 0.5) is 0 Å². The number of carbonyl (C=O) groups excluding carboxylic acids is 1. The van der Waals surface area contributed by atoms with Gasteiger partial charge in [0.2, 0.25) is 5.91 Å². The Labute approximate surface area is 130 Å². The number of aliphatic hydroxyl groups excluding tert-OH is 1. The van der Waals surface area contributed by atoms with Crippen molar-refractivity contribution < 1.29 is 9.90 Å². The molecule has 1 heterocycles. The van der Waals surface area contributed by atoms with Crippen molar-refractivity contribution in [2.24, 2.45) is 0 Å². The summed E-state index contributed by atoms with van der Waals surface area (Å²) in [4.78, 5) is 13.8. The molecule has 0 spiro atoms. The first-order valence-electron chi connectivity index (χ1n) is 8.81. The predicted octanol–water partition coefficient (Wildman–Crippen LogP) is 2.70. The van der Waals surface area contributed by atoms with Crippen LogP contribution in [0.15, 0.2) is 0 Å².